The number of nitro groups is 1. The number of benzene rings is 1. The van der Waals surface area contributed by atoms with Crippen molar-refractivity contribution >= 4 is 17.3 Å². The maximum absolute atomic E-state index is 12.7. The van der Waals surface area contributed by atoms with Crippen LogP contribution in [0.5, 0.6) is 0 Å². The molecule has 6 nitrogen and oxygen atoms in total. The minimum atomic E-state index is -0.518. The molecule has 0 aliphatic carbocycles. The number of carbonyl (C=O) groups excluding carboxylic acids is 1. The standard InChI is InChI=1S/C15H23N3O3/c1-4-6-9-17(11(3)5-2)15(19)13-10-12(18(20)21)7-8-14(13)16/h7-8,10-11H,4-6,9,16H2,1-3H3. The molecule has 116 valence electrons. The Bertz CT molecular complexity index is 517. The van der Waals surface area contributed by atoms with Gasteiger partial charge in [-0.1, -0.05) is 20.3 Å². The van der Waals surface area contributed by atoms with Gasteiger partial charge in [0.1, 0.15) is 0 Å². The van der Waals surface area contributed by atoms with Crippen molar-refractivity contribution in [1.29, 1.82) is 0 Å². The van der Waals surface area contributed by atoms with Crippen LogP contribution in [0.2, 0.25) is 0 Å². The van der Waals surface area contributed by atoms with Crippen molar-refractivity contribution in [3.8, 4) is 0 Å². The average molecular weight is 293 g/mol. The summed E-state index contributed by atoms with van der Waals surface area (Å²) in [4.78, 5) is 24.8. The Morgan fingerprint density at radius 1 is 1.43 bits per heavy atom. The van der Waals surface area contributed by atoms with E-state index in [9.17, 15) is 14.9 Å². The summed E-state index contributed by atoms with van der Waals surface area (Å²) in [5.74, 6) is -0.237. The third-order valence-electron chi connectivity index (χ3n) is 3.61. The molecule has 0 bridgehead atoms. The van der Waals surface area contributed by atoms with Gasteiger partial charge < -0.3 is 10.6 Å². The lowest BCUT2D eigenvalue weighted by Crippen LogP contribution is -2.39. The van der Waals surface area contributed by atoms with Crippen molar-refractivity contribution < 1.29 is 9.72 Å². The van der Waals surface area contributed by atoms with Crippen LogP contribution in [0, 0.1) is 10.1 Å². The number of nitro benzene ring substituents is 1. The fourth-order valence-electron chi connectivity index (χ4n) is 2.07. The predicted molar refractivity (Wildman–Crippen MR) is 83.2 cm³/mol. The van der Waals surface area contributed by atoms with Gasteiger partial charge in [0, 0.05) is 30.4 Å². The average Bonchev–Trinajstić information content (AvgIpc) is 2.47. The van der Waals surface area contributed by atoms with Gasteiger partial charge >= 0.3 is 0 Å². The van der Waals surface area contributed by atoms with E-state index < -0.39 is 4.92 Å². The summed E-state index contributed by atoms with van der Waals surface area (Å²) in [6.07, 6.45) is 2.69. The Hall–Kier alpha value is -2.11. The Labute approximate surface area is 125 Å². The normalized spacial score (nSPS) is 12.0. The van der Waals surface area contributed by atoms with Gasteiger partial charge in [-0.15, -0.1) is 0 Å². The lowest BCUT2D eigenvalue weighted by atomic mass is 10.1. The Morgan fingerprint density at radius 2 is 2.10 bits per heavy atom. The van der Waals surface area contributed by atoms with Gasteiger partial charge in [0.05, 0.1) is 10.5 Å². The Morgan fingerprint density at radius 3 is 2.62 bits per heavy atom. The largest absolute Gasteiger partial charge is 0.398 e. The van der Waals surface area contributed by atoms with Crippen LogP contribution in [0.1, 0.15) is 50.4 Å². The van der Waals surface area contributed by atoms with E-state index in [1.165, 1.54) is 18.2 Å². The maximum Gasteiger partial charge on any atom is 0.270 e. The molecule has 1 unspecified atom stereocenters. The molecule has 1 atom stereocenters. The molecule has 0 aliphatic heterocycles. The quantitative estimate of drug-likeness (QED) is 0.475. The summed E-state index contributed by atoms with van der Waals surface area (Å²) in [6.45, 7) is 6.67. The van der Waals surface area contributed by atoms with Gasteiger partial charge in [-0.25, -0.2) is 0 Å². The fourth-order valence-corrected chi connectivity index (χ4v) is 2.07. The molecule has 1 aromatic carbocycles. The van der Waals surface area contributed by atoms with Gasteiger partial charge in [-0.3, -0.25) is 14.9 Å². The number of rotatable bonds is 7. The van der Waals surface area contributed by atoms with Gasteiger partial charge in [-0.05, 0) is 25.8 Å². The number of nitrogens with zero attached hydrogens (tertiary/aromatic N) is 2. The second-order valence-electron chi connectivity index (χ2n) is 5.14. The summed E-state index contributed by atoms with van der Waals surface area (Å²) >= 11 is 0. The smallest absolute Gasteiger partial charge is 0.270 e. The molecule has 0 saturated heterocycles. The van der Waals surface area contributed by atoms with Crippen LogP contribution in [0.25, 0.3) is 0 Å². The van der Waals surface area contributed by atoms with Crippen molar-refractivity contribution in [2.75, 3.05) is 12.3 Å². The maximum atomic E-state index is 12.7. The third kappa shape index (κ3) is 4.18. The third-order valence-corrected chi connectivity index (χ3v) is 3.61. The molecule has 0 aliphatic rings. The molecule has 21 heavy (non-hydrogen) atoms. The molecular weight excluding hydrogens is 270 g/mol. The van der Waals surface area contributed by atoms with E-state index in [1.54, 1.807) is 4.90 Å². The van der Waals surface area contributed by atoms with Crippen LogP contribution in [0.15, 0.2) is 18.2 Å². The van der Waals surface area contributed by atoms with Crippen LogP contribution in [-0.2, 0) is 0 Å². The van der Waals surface area contributed by atoms with Gasteiger partial charge in [0.25, 0.3) is 11.6 Å². The molecule has 0 aromatic heterocycles. The highest BCUT2D eigenvalue weighted by atomic mass is 16.6. The van der Waals surface area contributed by atoms with Crippen molar-refractivity contribution in [2.45, 2.75) is 46.1 Å². The minimum Gasteiger partial charge on any atom is -0.398 e. The molecule has 0 saturated carbocycles. The molecule has 0 fully saturated rings. The number of amides is 1. The first-order chi connectivity index (χ1) is 9.92. The highest BCUT2D eigenvalue weighted by Crippen LogP contribution is 2.22. The molecule has 2 N–H and O–H groups in total. The van der Waals surface area contributed by atoms with Crippen molar-refractivity contribution in [3.05, 3.63) is 33.9 Å². The summed E-state index contributed by atoms with van der Waals surface area (Å²) in [5, 5.41) is 10.9. The molecule has 1 aromatic rings. The number of nitrogen functional groups attached to an aromatic ring is 1. The van der Waals surface area contributed by atoms with E-state index in [0.717, 1.165) is 19.3 Å². The van der Waals surface area contributed by atoms with E-state index in [4.69, 9.17) is 5.73 Å². The molecule has 0 heterocycles. The Balaban J connectivity index is 3.12. The van der Waals surface area contributed by atoms with Crippen LogP contribution in [-0.4, -0.2) is 28.3 Å². The SMILES string of the molecule is CCCCN(C(=O)c1cc([N+](=O)[O-])ccc1N)C(C)CC. The van der Waals surface area contributed by atoms with Crippen LogP contribution < -0.4 is 5.73 Å². The molecule has 1 rings (SSSR count). The van der Waals surface area contributed by atoms with Gasteiger partial charge in [-0.2, -0.15) is 0 Å². The topological polar surface area (TPSA) is 89.5 Å². The highest BCUT2D eigenvalue weighted by molar-refractivity contribution is 6.00. The van der Waals surface area contributed by atoms with E-state index in [2.05, 4.69) is 6.92 Å². The lowest BCUT2D eigenvalue weighted by Gasteiger charge is -2.29. The first-order valence-electron chi connectivity index (χ1n) is 7.27. The molecule has 6 heteroatoms. The number of hydrogen-bond donors (Lipinski definition) is 1. The van der Waals surface area contributed by atoms with Crippen molar-refractivity contribution in [3.63, 3.8) is 0 Å². The summed E-state index contributed by atoms with van der Waals surface area (Å²) in [5.41, 5.74) is 6.19. The Kier molecular flexibility index (Phi) is 6.14. The molecule has 0 radical (unpaired) electrons. The minimum absolute atomic E-state index is 0.0720. The lowest BCUT2D eigenvalue weighted by molar-refractivity contribution is -0.384. The van der Waals surface area contributed by atoms with Crippen molar-refractivity contribution in [2.24, 2.45) is 0 Å². The second kappa shape index (κ2) is 7.61. The highest BCUT2D eigenvalue weighted by Gasteiger charge is 2.23. The number of anilines is 1. The number of non-ortho nitro benzene ring substituents is 1. The molecule has 0 spiro atoms. The van der Waals surface area contributed by atoms with E-state index >= 15 is 0 Å². The van der Waals surface area contributed by atoms with E-state index in [-0.39, 0.29) is 28.9 Å². The van der Waals surface area contributed by atoms with Crippen LogP contribution in [0.3, 0.4) is 0 Å². The van der Waals surface area contributed by atoms with Gasteiger partial charge in [0.15, 0.2) is 0 Å². The summed E-state index contributed by atoms with van der Waals surface area (Å²) < 4.78 is 0. The second-order valence-corrected chi connectivity index (χ2v) is 5.14. The zero-order chi connectivity index (χ0) is 16.0. The molecule has 1 amide bonds. The zero-order valence-electron chi connectivity index (χ0n) is 12.8. The fraction of sp³-hybridized carbons (Fsp3) is 0.533. The number of hydrogen-bond acceptors (Lipinski definition) is 4. The predicted octanol–water partition coefficient (Wildman–Crippen LogP) is 3.22. The zero-order valence-corrected chi connectivity index (χ0v) is 12.8. The number of unbranched alkanes of at least 4 members (excludes halogenated alkanes) is 1. The first kappa shape index (κ1) is 16.9. The number of nitrogens with two attached hydrogens (primary N) is 1. The van der Waals surface area contributed by atoms with Crippen LogP contribution >= 0.6 is 0 Å². The number of carbonyl (C=O) groups is 1. The molecular formula is C15H23N3O3. The van der Waals surface area contributed by atoms with Crippen molar-refractivity contribution in [1.82, 2.24) is 4.90 Å². The monoisotopic (exact) mass is 293 g/mol. The van der Waals surface area contributed by atoms with Crippen LogP contribution in [0.4, 0.5) is 11.4 Å². The van der Waals surface area contributed by atoms with E-state index in [1.807, 2.05) is 13.8 Å². The first-order valence-corrected chi connectivity index (χ1v) is 7.27. The van der Waals surface area contributed by atoms with Gasteiger partial charge in [0.2, 0.25) is 0 Å². The van der Waals surface area contributed by atoms with E-state index in [0.29, 0.717) is 6.54 Å². The summed E-state index contributed by atoms with van der Waals surface area (Å²) in [7, 11) is 0. The summed E-state index contributed by atoms with van der Waals surface area (Å²) in [6, 6.07) is 4.06.